The van der Waals surface area contributed by atoms with Crippen LogP contribution in [0.25, 0.3) is 0 Å². The summed E-state index contributed by atoms with van der Waals surface area (Å²) in [6, 6.07) is 7.16. The maximum atomic E-state index is 12.0. The third-order valence-corrected chi connectivity index (χ3v) is 5.46. The summed E-state index contributed by atoms with van der Waals surface area (Å²) in [4.78, 5) is 12.0. The smallest absolute Gasteiger partial charge is 0.238 e. The standard InChI is InChI=1S/C13H18N2O3S/c14-11-5-3-4-10(8-11)9-15-13(16)12-6-1-2-7-19(12,17)18/h3-5,8,12H,1-2,6-7,9,14H2,(H,15,16). The number of hydrogen-bond acceptors (Lipinski definition) is 4. The summed E-state index contributed by atoms with van der Waals surface area (Å²) < 4.78 is 23.6. The molecule has 1 aliphatic rings. The zero-order valence-corrected chi connectivity index (χ0v) is 11.4. The molecule has 0 saturated carbocycles. The molecule has 1 aliphatic heterocycles. The van der Waals surface area contributed by atoms with Crippen molar-refractivity contribution >= 4 is 21.4 Å². The first-order valence-corrected chi connectivity index (χ1v) is 8.04. The lowest BCUT2D eigenvalue weighted by Crippen LogP contribution is -2.42. The van der Waals surface area contributed by atoms with Gasteiger partial charge in [-0.15, -0.1) is 0 Å². The number of sulfone groups is 1. The molecule has 19 heavy (non-hydrogen) atoms. The second kappa shape index (κ2) is 5.61. The van der Waals surface area contributed by atoms with E-state index >= 15 is 0 Å². The minimum absolute atomic E-state index is 0.114. The largest absolute Gasteiger partial charge is 0.399 e. The Kier molecular flexibility index (Phi) is 4.09. The van der Waals surface area contributed by atoms with Gasteiger partial charge in [0.2, 0.25) is 5.91 Å². The van der Waals surface area contributed by atoms with E-state index in [1.807, 2.05) is 6.07 Å². The Morgan fingerprint density at radius 1 is 1.37 bits per heavy atom. The fourth-order valence-electron chi connectivity index (χ4n) is 2.26. The van der Waals surface area contributed by atoms with Crippen LogP contribution in [0.2, 0.25) is 0 Å². The molecule has 2 rings (SSSR count). The van der Waals surface area contributed by atoms with E-state index in [0.717, 1.165) is 12.0 Å². The van der Waals surface area contributed by atoms with Crippen molar-refractivity contribution in [1.29, 1.82) is 0 Å². The molecule has 104 valence electrons. The molecule has 1 fully saturated rings. The van der Waals surface area contributed by atoms with Crippen LogP contribution in [0.5, 0.6) is 0 Å². The maximum absolute atomic E-state index is 12.0. The molecule has 0 spiro atoms. The third-order valence-electron chi connectivity index (χ3n) is 3.29. The number of amides is 1. The quantitative estimate of drug-likeness (QED) is 0.804. The van der Waals surface area contributed by atoms with Crippen molar-refractivity contribution < 1.29 is 13.2 Å². The fraction of sp³-hybridized carbons (Fsp3) is 0.462. The first-order valence-electron chi connectivity index (χ1n) is 6.33. The van der Waals surface area contributed by atoms with Crippen LogP contribution in [0.4, 0.5) is 5.69 Å². The Bertz CT molecular complexity index is 569. The number of rotatable bonds is 3. The monoisotopic (exact) mass is 282 g/mol. The number of benzene rings is 1. The first-order chi connectivity index (χ1) is 8.99. The topological polar surface area (TPSA) is 89.3 Å². The van der Waals surface area contributed by atoms with Crippen LogP contribution in [0.15, 0.2) is 24.3 Å². The van der Waals surface area contributed by atoms with E-state index in [1.165, 1.54) is 0 Å². The summed E-state index contributed by atoms with van der Waals surface area (Å²) in [7, 11) is -3.27. The Hall–Kier alpha value is -1.56. The molecule has 1 saturated heterocycles. The van der Waals surface area contributed by atoms with Crippen molar-refractivity contribution in [1.82, 2.24) is 5.32 Å². The highest BCUT2D eigenvalue weighted by Crippen LogP contribution is 2.19. The summed E-state index contributed by atoms with van der Waals surface area (Å²) in [5.74, 6) is -0.286. The molecule has 0 radical (unpaired) electrons. The fourth-order valence-corrected chi connectivity index (χ4v) is 4.08. The van der Waals surface area contributed by atoms with E-state index in [0.29, 0.717) is 25.1 Å². The minimum atomic E-state index is -3.27. The van der Waals surface area contributed by atoms with Crippen LogP contribution in [-0.2, 0) is 21.2 Å². The van der Waals surface area contributed by atoms with E-state index in [9.17, 15) is 13.2 Å². The second-order valence-corrected chi connectivity index (χ2v) is 7.12. The zero-order valence-electron chi connectivity index (χ0n) is 10.6. The lowest BCUT2D eigenvalue weighted by atomic mass is 10.1. The van der Waals surface area contributed by atoms with Crippen molar-refractivity contribution in [2.24, 2.45) is 0 Å². The van der Waals surface area contributed by atoms with Gasteiger partial charge in [-0.2, -0.15) is 0 Å². The molecular weight excluding hydrogens is 264 g/mol. The Morgan fingerprint density at radius 2 is 2.16 bits per heavy atom. The number of hydrogen-bond donors (Lipinski definition) is 2. The van der Waals surface area contributed by atoms with E-state index in [1.54, 1.807) is 18.2 Å². The van der Waals surface area contributed by atoms with Gasteiger partial charge >= 0.3 is 0 Å². The van der Waals surface area contributed by atoms with Gasteiger partial charge in [0.25, 0.3) is 0 Å². The molecule has 3 N–H and O–H groups in total. The van der Waals surface area contributed by atoms with Gasteiger partial charge in [0.1, 0.15) is 5.25 Å². The van der Waals surface area contributed by atoms with E-state index < -0.39 is 21.0 Å². The summed E-state index contributed by atoms with van der Waals surface area (Å²) in [6.07, 6.45) is 1.86. The van der Waals surface area contributed by atoms with Gasteiger partial charge in [0.15, 0.2) is 9.84 Å². The highest BCUT2D eigenvalue weighted by molar-refractivity contribution is 7.92. The summed E-state index contributed by atoms with van der Waals surface area (Å²) in [5.41, 5.74) is 7.13. The van der Waals surface area contributed by atoms with Gasteiger partial charge < -0.3 is 11.1 Å². The van der Waals surface area contributed by atoms with E-state index in [4.69, 9.17) is 5.73 Å². The van der Waals surface area contributed by atoms with Crippen LogP contribution in [0.3, 0.4) is 0 Å². The van der Waals surface area contributed by atoms with Gasteiger partial charge in [0, 0.05) is 12.2 Å². The Labute approximate surface area is 113 Å². The third kappa shape index (κ3) is 3.47. The molecule has 0 bridgehead atoms. The van der Waals surface area contributed by atoms with E-state index in [-0.39, 0.29) is 5.75 Å². The first kappa shape index (κ1) is 13.9. The molecule has 1 atom stereocenters. The Balaban J connectivity index is 1.98. The summed E-state index contributed by atoms with van der Waals surface area (Å²) in [5, 5.41) is 1.79. The van der Waals surface area contributed by atoms with Crippen molar-refractivity contribution in [3.8, 4) is 0 Å². The van der Waals surface area contributed by atoms with Crippen molar-refractivity contribution in [3.05, 3.63) is 29.8 Å². The van der Waals surface area contributed by atoms with Gasteiger partial charge in [0.05, 0.1) is 5.75 Å². The lowest BCUT2D eigenvalue weighted by molar-refractivity contribution is -0.121. The van der Waals surface area contributed by atoms with Gasteiger partial charge in [-0.05, 0) is 30.5 Å². The van der Waals surface area contributed by atoms with Gasteiger partial charge in [-0.25, -0.2) is 8.42 Å². The van der Waals surface area contributed by atoms with E-state index in [2.05, 4.69) is 5.32 Å². The second-order valence-electron chi connectivity index (χ2n) is 4.81. The van der Waals surface area contributed by atoms with Crippen LogP contribution in [0.1, 0.15) is 24.8 Å². The molecule has 1 aromatic rings. The normalized spacial score (nSPS) is 21.8. The number of anilines is 1. The molecule has 0 aromatic heterocycles. The van der Waals surface area contributed by atoms with Crippen LogP contribution in [0, 0.1) is 0 Å². The number of carbonyl (C=O) groups excluding carboxylic acids is 1. The van der Waals surface area contributed by atoms with Crippen molar-refractivity contribution in [3.63, 3.8) is 0 Å². The van der Waals surface area contributed by atoms with Crippen LogP contribution < -0.4 is 11.1 Å². The predicted molar refractivity (Wildman–Crippen MR) is 74.1 cm³/mol. The summed E-state index contributed by atoms with van der Waals surface area (Å²) in [6.45, 7) is 0.301. The van der Waals surface area contributed by atoms with Crippen molar-refractivity contribution in [2.45, 2.75) is 31.1 Å². The average molecular weight is 282 g/mol. The predicted octanol–water partition coefficient (Wildman–Crippen LogP) is 0.852. The Morgan fingerprint density at radius 3 is 2.84 bits per heavy atom. The molecule has 1 amide bonds. The van der Waals surface area contributed by atoms with Crippen LogP contribution in [-0.4, -0.2) is 25.3 Å². The molecule has 1 aromatic carbocycles. The van der Waals surface area contributed by atoms with Crippen molar-refractivity contribution in [2.75, 3.05) is 11.5 Å². The van der Waals surface area contributed by atoms with Crippen LogP contribution >= 0.6 is 0 Å². The lowest BCUT2D eigenvalue weighted by Gasteiger charge is -2.21. The van der Waals surface area contributed by atoms with Gasteiger partial charge in [-0.3, -0.25) is 4.79 Å². The number of carbonyl (C=O) groups is 1. The zero-order chi connectivity index (χ0) is 13.9. The SMILES string of the molecule is Nc1cccc(CNC(=O)C2CCCCS2(=O)=O)c1. The molecular formula is C13H18N2O3S. The number of nitrogens with one attached hydrogen (secondary N) is 1. The average Bonchev–Trinajstić information content (AvgIpc) is 2.35. The maximum Gasteiger partial charge on any atom is 0.238 e. The molecule has 1 unspecified atom stereocenters. The highest BCUT2D eigenvalue weighted by Gasteiger charge is 2.34. The molecule has 5 nitrogen and oxygen atoms in total. The minimum Gasteiger partial charge on any atom is -0.399 e. The molecule has 1 heterocycles. The highest BCUT2D eigenvalue weighted by atomic mass is 32.2. The number of nitrogens with two attached hydrogens (primary N) is 1. The number of nitrogen functional groups attached to an aromatic ring is 1. The summed E-state index contributed by atoms with van der Waals surface area (Å²) >= 11 is 0. The molecule has 0 aliphatic carbocycles. The van der Waals surface area contributed by atoms with Gasteiger partial charge in [-0.1, -0.05) is 18.6 Å². The molecule has 6 heteroatoms.